The quantitative estimate of drug-likeness (QED) is 0.260. The number of fused-ring (bicyclic) bond motifs is 4. The molecule has 4 amide bonds. The second-order valence-electron chi connectivity index (χ2n) is 11.4. The number of benzene rings is 3. The summed E-state index contributed by atoms with van der Waals surface area (Å²) in [7, 11) is 0. The molecule has 1 saturated carbocycles. The lowest BCUT2D eigenvalue weighted by Gasteiger charge is -2.50. The maximum atomic E-state index is 14.9. The first kappa shape index (κ1) is 27.8. The van der Waals surface area contributed by atoms with E-state index in [4.69, 9.17) is 11.6 Å². The smallest absolute Gasteiger partial charge is 0.260 e. The fourth-order valence-electron chi connectivity index (χ4n) is 7.67. The van der Waals surface area contributed by atoms with Crippen molar-refractivity contribution >= 4 is 56.8 Å². The number of hydrogen-bond donors (Lipinski definition) is 3. The lowest BCUT2D eigenvalue weighted by atomic mass is 9.49. The van der Waals surface area contributed by atoms with Gasteiger partial charge in [-0.05, 0) is 78.9 Å². The molecule has 2 aliphatic carbocycles. The van der Waals surface area contributed by atoms with Crippen LogP contribution in [0.3, 0.4) is 0 Å². The van der Waals surface area contributed by atoms with Crippen LogP contribution in [0.2, 0.25) is 5.02 Å². The van der Waals surface area contributed by atoms with Crippen molar-refractivity contribution in [2.45, 2.75) is 24.2 Å². The zero-order chi connectivity index (χ0) is 30.2. The zero-order valence-electron chi connectivity index (χ0n) is 22.4. The summed E-state index contributed by atoms with van der Waals surface area (Å²) in [6, 6.07) is 16.9. The molecule has 0 aromatic heterocycles. The van der Waals surface area contributed by atoms with Gasteiger partial charge in [0.25, 0.3) is 11.8 Å². The van der Waals surface area contributed by atoms with Gasteiger partial charge in [0.05, 0.1) is 28.9 Å². The van der Waals surface area contributed by atoms with Gasteiger partial charge in [-0.15, -0.1) is 0 Å². The van der Waals surface area contributed by atoms with Crippen LogP contribution in [-0.2, 0) is 24.6 Å². The number of nitrogens with one attached hydrogen (secondary N) is 2. The Bertz CT molecular complexity index is 1750. The minimum Gasteiger partial charge on any atom is -0.508 e. The molecule has 0 radical (unpaired) electrons. The average molecular weight is 665 g/mol. The Morgan fingerprint density at radius 1 is 0.977 bits per heavy atom. The number of rotatable bonds is 4. The highest BCUT2D eigenvalue weighted by Gasteiger charge is 2.70. The number of amides is 4. The highest BCUT2D eigenvalue weighted by atomic mass is 79.9. The first-order valence-corrected chi connectivity index (χ1v) is 15.0. The third-order valence-corrected chi connectivity index (χ3v) is 10.1. The summed E-state index contributed by atoms with van der Waals surface area (Å²) in [5.74, 6) is -6.11. The van der Waals surface area contributed by atoms with Crippen LogP contribution >= 0.6 is 27.5 Å². The molecule has 3 aromatic rings. The highest BCUT2D eigenvalue weighted by Crippen LogP contribution is 2.64. The van der Waals surface area contributed by atoms with E-state index in [1.165, 1.54) is 30.3 Å². The summed E-state index contributed by atoms with van der Waals surface area (Å²) in [4.78, 5) is 55.2. The average Bonchev–Trinajstić information content (AvgIpc) is 3.40. The maximum Gasteiger partial charge on any atom is 0.260 e. The first-order chi connectivity index (χ1) is 20.6. The number of nitrogens with zero attached hydrogens (tertiary/aromatic N) is 1. The molecule has 3 N–H and O–H groups in total. The van der Waals surface area contributed by atoms with Crippen LogP contribution in [-0.4, -0.2) is 33.7 Å². The van der Waals surface area contributed by atoms with E-state index >= 15 is 0 Å². The van der Waals surface area contributed by atoms with Crippen molar-refractivity contribution in [1.82, 2.24) is 10.3 Å². The Hall–Kier alpha value is -4.02. The number of phenolic OH excluding ortho intramolecular Hbond substituents is 1. The van der Waals surface area contributed by atoms with Crippen LogP contribution in [0.1, 0.15) is 29.9 Å². The summed E-state index contributed by atoms with van der Waals surface area (Å²) in [5, 5.41) is 15.2. The van der Waals surface area contributed by atoms with E-state index in [2.05, 4.69) is 26.7 Å². The van der Waals surface area contributed by atoms with Gasteiger partial charge < -0.3 is 5.11 Å². The number of aromatic hydroxyl groups is 1. The Morgan fingerprint density at radius 2 is 1.70 bits per heavy atom. The molecular weight excluding hydrogens is 641 g/mol. The summed E-state index contributed by atoms with van der Waals surface area (Å²) < 4.78 is 14.3. The van der Waals surface area contributed by atoms with Crippen LogP contribution in [0.25, 0.3) is 0 Å². The van der Waals surface area contributed by atoms with Gasteiger partial charge >= 0.3 is 0 Å². The zero-order valence-corrected chi connectivity index (χ0v) is 24.7. The molecule has 0 spiro atoms. The third-order valence-electron chi connectivity index (χ3n) is 9.40. The van der Waals surface area contributed by atoms with Crippen molar-refractivity contribution in [3.8, 4) is 5.75 Å². The van der Waals surface area contributed by atoms with Crippen LogP contribution < -0.4 is 10.7 Å². The topological polar surface area (TPSA) is 116 Å². The third kappa shape index (κ3) is 4.06. The second-order valence-corrected chi connectivity index (χ2v) is 12.8. The Balaban J connectivity index is 1.49. The van der Waals surface area contributed by atoms with Crippen LogP contribution in [0.15, 0.2) is 82.9 Å². The molecule has 8 nitrogen and oxygen atoms in total. The number of carbonyl (C=O) groups excluding carboxylic acids is 4. The molecule has 43 heavy (non-hydrogen) atoms. The van der Waals surface area contributed by atoms with Gasteiger partial charge in [-0.2, -0.15) is 5.01 Å². The van der Waals surface area contributed by atoms with Crippen molar-refractivity contribution in [2.24, 2.45) is 23.7 Å². The number of hydrogen-bond acceptors (Lipinski definition) is 6. The van der Waals surface area contributed by atoms with E-state index in [0.29, 0.717) is 26.3 Å². The number of carbonyl (C=O) groups is 4. The molecule has 218 valence electrons. The minimum atomic E-state index is -1.55. The number of imide groups is 2. The first-order valence-electron chi connectivity index (χ1n) is 13.8. The molecule has 3 aromatic carbocycles. The molecular formula is C32H24BrClFN3O5. The largest absolute Gasteiger partial charge is 0.508 e. The van der Waals surface area contributed by atoms with Crippen molar-refractivity contribution in [3.63, 3.8) is 0 Å². The number of allylic oxidation sites excluding steroid dienone is 2. The fraction of sp³-hybridized carbons (Fsp3) is 0.250. The molecule has 4 aliphatic rings. The number of hydrazine groups is 1. The molecule has 6 unspecified atom stereocenters. The Kier molecular flexibility index (Phi) is 6.48. The van der Waals surface area contributed by atoms with Gasteiger partial charge in [-0.25, -0.2) is 4.39 Å². The van der Waals surface area contributed by atoms with Gasteiger partial charge in [0, 0.05) is 21.0 Å². The van der Waals surface area contributed by atoms with Crippen LogP contribution in [0.4, 0.5) is 10.1 Å². The molecule has 2 heterocycles. The Morgan fingerprint density at radius 3 is 2.42 bits per heavy atom. The lowest BCUT2D eigenvalue weighted by Crippen LogP contribution is -2.53. The van der Waals surface area contributed by atoms with Gasteiger partial charge in [0.2, 0.25) is 11.8 Å². The van der Waals surface area contributed by atoms with E-state index in [1.807, 2.05) is 6.08 Å². The van der Waals surface area contributed by atoms with Crippen molar-refractivity contribution in [2.75, 3.05) is 5.43 Å². The lowest BCUT2D eigenvalue weighted by molar-refractivity contribution is -0.138. The van der Waals surface area contributed by atoms with Crippen molar-refractivity contribution in [3.05, 3.63) is 105 Å². The van der Waals surface area contributed by atoms with E-state index < -0.39 is 58.5 Å². The molecule has 0 bridgehead atoms. The standard InChI is InChI=1S/C32H24BrClFN3O5/c33-16-3-12-25(39)23(13-16)27-20-10-11-21-26(29(41)36-28(21)40)22(20)14-24-30(42)38(37-19-8-6-18(35)7-9-19)31(43)32(24,27)15-1-4-17(34)5-2-15/h1-10,12-13,21-22,24,26-27,37,39H,11,14H2,(H,36,40,41). The van der Waals surface area contributed by atoms with Crippen LogP contribution in [0, 0.1) is 29.5 Å². The molecule has 11 heteroatoms. The predicted molar refractivity (Wildman–Crippen MR) is 158 cm³/mol. The SMILES string of the molecule is O=C1NC(=O)C2C1CC=C1C2CC2C(=O)N(Nc3ccc(F)cc3)C(=O)C2(c2ccc(Cl)cc2)C1c1cc(Br)ccc1O. The van der Waals surface area contributed by atoms with E-state index in [1.54, 1.807) is 36.4 Å². The number of halogens is 3. The van der Waals surface area contributed by atoms with E-state index in [-0.39, 0.29) is 24.5 Å². The van der Waals surface area contributed by atoms with Gasteiger partial charge in [-0.3, -0.25) is 29.9 Å². The number of anilines is 1. The van der Waals surface area contributed by atoms with E-state index in [9.17, 15) is 28.7 Å². The van der Waals surface area contributed by atoms with E-state index in [0.717, 1.165) is 10.6 Å². The van der Waals surface area contributed by atoms with Gasteiger partial charge in [0.1, 0.15) is 11.6 Å². The minimum absolute atomic E-state index is 0.0823. The molecule has 2 aliphatic heterocycles. The Labute approximate surface area is 259 Å². The summed E-state index contributed by atoms with van der Waals surface area (Å²) in [6.45, 7) is 0. The van der Waals surface area contributed by atoms with Crippen molar-refractivity contribution in [1.29, 1.82) is 0 Å². The summed E-state index contributed by atoms with van der Waals surface area (Å²) >= 11 is 9.76. The van der Waals surface area contributed by atoms with Crippen molar-refractivity contribution < 1.29 is 28.7 Å². The monoisotopic (exact) mass is 663 g/mol. The maximum absolute atomic E-state index is 14.9. The molecule has 2 saturated heterocycles. The van der Waals surface area contributed by atoms with Crippen LogP contribution in [0.5, 0.6) is 5.75 Å². The normalized spacial score (nSPS) is 29.5. The molecule has 3 fully saturated rings. The number of phenols is 1. The molecule has 7 rings (SSSR count). The second kappa shape index (κ2) is 10.0. The summed E-state index contributed by atoms with van der Waals surface area (Å²) in [5.41, 5.74) is 3.29. The summed E-state index contributed by atoms with van der Waals surface area (Å²) in [6.07, 6.45) is 2.30. The predicted octanol–water partition coefficient (Wildman–Crippen LogP) is 5.22. The fourth-order valence-corrected chi connectivity index (χ4v) is 8.17. The highest BCUT2D eigenvalue weighted by molar-refractivity contribution is 9.10. The van der Waals surface area contributed by atoms with Gasteiger partial charge in [-0.1, -0.05) is 51.3 Å². The van der Waals surface area contributed by atoms with Gasteiger partial charge in [0.15, 0.2) is 0 Å². The molecule has 6 atom stereocenters.